The summed E-state index contributed by atoms with van der Waals surface area (Å²) in [6.45, 7) is 4.06. The Balaban J connectivity index is 2.24. The molecule has 1 fully saturated rings. The summed E-state index contributed by atoms with van der Waals surface area (Å²) in [5, 5.41) is 0. The van der Waals surface area contributed by atoms with E-state index in [9.17, 15) is 0 Å². The number of benzene rings is 1. The maximum atomic E-state index is 5.62. The van der Waals surface area contributed by atoms with Gasteiger partial charge in [0.25, 0.3) is 0 Å². The highest BCUT2D eigenvalue weighted by atomic mass is 14.5. The van der Waals surface area contributed by atoms with Crippen LogP contribution in [0.2, 0.25) is 0 Å². The molecule has 0 unspecified atom stereocenters. The molecule has 1 saturated carbocycles. The summed E-state index contributed by atoms with van der Waals surface area (Å²) in [4.78, 5) is 0. The first-order chi connectivity index (χ1) is 6.75. The first-order valence-electron chi connectivity index (χ1n) is 5.00. The van der Waals surface area contributed by atoms with Crippen molar-refractivity contribution < 1.29 is 0 Å². The van der Waals surface area contributed by atoms with Crippen LogP contribution in [0, 0.1) is 0 Å². The number of allylic oxidation sites excluding steroid dienone is 2. The third-order valence-electron chi connectivity index (χ3n) is 2.66. The van der Waals surface area contributed by atoms with Gasteiger partial charge in [-0.15, -0.1) is 0 Å². The summed E-state index contributed by atoms with van der Waals surface area (Å²) in [6.07, 6.45) is 5.79. The van der Waals surface area contributed by atoms with Gasteiger partial charge in [-0.1, -0.05) is 30.4 Å². The molecule has 1 aromatic rings. The molecule has 0 amide bonds. The molecule has 0 aliphatic heterocycles. The fraction of sp³-hybridized carbons (Fsp3) is 0.231. The molecule has 0 spiro atoms. The predicted octanol–water partition coefficient (Wildman–Crippen LogP) is 3.39. The molecule has 1 aliphatic carbocycles. The van der Waals surface area contributed by atoms with E-state index >= 15 is 0 Å². The van der Waals surface area contributed by atoms with Crippen LogP contribution in [-0.4, -0.2) is 0 Å². The van der Waals surface area contributed by atoms with Gasteiger partial charge in [0, 0.05) is 5.69 Å². The summed E-state index contributed by atoms with van der Waals surface area (Å²) in [5.74, 6) is 0. The molecule has 1 nitrogen and oxygen atoms in total. The van der Waals surface area contributed by atoms with Crippen molar-refractivity contribution in [3.63, 3.8) is 0 Å². The third kappa shape index (κ3) is 1.87. The molecule has 2 rings (SSSR count). The minimum absolute atomic E-state index is 0.817. The van der Waals surface area contributed by atoms with Crippen LogP contribution in [0.3, 0.4) is 0 Å². The molecular formula is C13H15N. The van der Waals surface area contributed by atoms with E-state index in [4.69, 9.17) is 5.73 Å². The van der Waals surface area contributed by atoms with Crippen molar-refractivity contribution >= 4 is 11.8 Å². The Morgan fingerprint density at radius 2 is 1.86 bits per heavy atom. The van der Waals surface area contributed by atoms with Crippen molar-refractivity contribution in [3.8, 4) is 0 Å². The Morgan fingerprint density at radius 3 is 2.43 bits per heavy atom. The number of rotatable bonds is 1. The molecule has 0 aromatic heterocycles. The second-order valence-corrected chi connectivity index (χ2v) is 3.79. The van der Waals surface area contributed by atoms with Gasteiger partial charge in [-0.25, -0.2) is 0 Å². The average Bonchev–Trinajstić information content (AvgIpc) is 2.56. The quantitative estimate of drug-likeness (QED) is 0.667. The zero-order valence-corrected chi connectivity index (χ0v) is 8.29. The van der Waals surface area contributed by atoms with Crippen LogP contribution in [0.25, 0.3) is 6.08 Å². The Labute approximate surface area is 84.9 Å². The zero-order chi connectivity index (χ0) is 9.97. The fourth-order valence-electron chi connectivity index (χ4n) is 1.80. The van der Waals surface area contributed by atoms with E-state index < -0.39 is 0 Å². The minimum atomic E-state index is 0.817. The van der Waals surface area contributed by atoms with E-state index in [-0.39, 0.29) is 0 Å². The van der Waals surface area contributed by atoms with Gasteiger partial charge in [-0.05, 0) is 42.5 Å². The van der Waals surface area contributed by atoms with Crippen molar-refractivity contribution in [2.45, 2.75) is 19.3 Å². The standard InChI is InChI=1S/C13H15N/c1-10-3-2-4-12(10)9-11-5-7-13(14)8-6-11/h5-9H,1-4,14H2/b12-9+. The number of nitrogen functional groups attached to an aromatic ring is 1. The van der Waals surface area contributed by atoms with Crippen LogP contribution < -0.4 is 5.73 Å². The van der Waals surface area contributed by atoms with E-state index in [2.05, 4.69) is 12.7 Å². The van der Waals surface area contributed by atoms with E-state index in [1.807, 2.05) is 24.3 Å². The molecule has 1 heteroatoms. The molecule has 1 aliphatic rings. The van der Waals surface area contributed by atoms with Gasteiger partial charge >= 0.3 is 0 Å². The van der Waals surface area contributed by atoms with Crippen molar-refractivity contribution in [1.29, 1.82) is 0 Å². The fourth-order valence-corrected chi connectivity index (χ4v) is 1.80. The summed E-state index contributed by atoms with van der Waals surface area (Å²) in [5.41, 5.74) is 10.4. The lowest BCUT2D eigenvalue weighted by atomic mass is 10.1. The molecule has 1 aromatic carbocycles. The van der Waals surface area contributed by atoms with Crippen molar-refractivity contribution in [2.75, 3.05) is 5.73 Å². The van der Waals surface area contributed by atoms with E-state index in [0.717, 1.165) is 12.1 Å². The third-order valence-corrected chi connectivity index (χ3v) is 2.66. The highest BCUT2D eigenvalue weighted by Gasteiger charge is 2.10. The van der Waals surface area contributed by atoms with Crippen molar-refractivity contribution in [2.24, 2.45) is 0 Å². The number of hydrogen-bond acceptors (Lipinski definition) is 1. The zero-order valence-electron chi connectivity index (χ0n) is 8.29. The molecule has 0 bridgehead atoms. The lowest BCUT2D eigenvalue weighted by Crippen LogP contribution is -1.83. The Hall–Kier alpha value is -1.50. The van der Waals surface area contributed by atoms with Gasteiger partial charge in [0.2, 0.25) is 0 Å². The predicted molar refractivity (Wildman–Crippen MR) is 61.8 cm³/mol. The second-order valence-electron chi connectivity index (χ2n) is 3.79. The van der Waals surface area contributed by atoms with Gasteiger partial charge < -0.3 is 5.73 Å². The minimum Gasteiger partial charge on any atom is -0.399 e. The molecule has 14 heavy (non-hydrogen) atoms. The van der Waals surface area contributed by atoms with Crippen LogP contribution in [0.1, 0.15) is 24.8 Å². The van der Waals surface area contributed by atoms with E-state index in [0.29, 0.717) is 0 Å². The first-order valence-corrected chi connectivity index (χ1v) is 5.00. The lowest BCUT2D eigenvalue weighted by molar-refractivity contribution is 0.934. The molecule has 0 saturated heterocycles. The topological polar surface area (TPSA) is 26.0 Å². The second kappa shape index (κ2) is 3.70. The van der Waals surface area contributed by atoms with E-state index in [1.54, 1.807) is 0 Å². The highest BCUT2D eigenvalue weighted by molar-refractivity contribution is 5.60. The Morgan fingerprint density at radius 1 is 1.14 bits per heavy atom. The van der Waals surface area contributed by atoms with Crippen LogP contribution >= 0.6 is 0 Å². The van der Waals surface area contributed by atoms with Crippen LogP contribution in [0.4, 0.5) is 5.69 Å². The van der Waals surface area contributed by atoms with Crippen molar-refractivity contribution in [3.05, 3.63) is 47.6 Å². The maximum absolute atomic E-state index is 5.62. The monoisotopic (exact) mass is 185 g/mol. The largest absolute Gasteiger partial charge is 0.399 e. The summed E-state index contributed by atoms with van der Waals surface area (Å²) in [7, 11) is 0. The molecule has 0 heterocycles. The average molecular weight is 185 g/mol. The normalized spacial score (nSPS) is 19.1. The summed E-state index contributed by atoms with van der Waals surface area (Å²) >= 11 is 0. The maximum Gasteiger partial charge on any atom is 0.0314 e. The van der Waals surface area contributed by atoms with Crippen molar-refractivity contribution in [1.82, 2.24) is 0 Å². The van der Waals surface area contributed by atoms with Gasteiger partial charge in [0.1, 0.15) is 0 Å². The van der Waals surface area contributed by atoms with Gasteiger partial charge in [-0.3, -0.25) is 0 Å². The summed E-state index contributed by atoms with van der Waals surface area (Å²) < 4.78 is 0. The van der Waals surface area contributed by atoms with Crippen LogP contribution in [-0.2, 0) is 0 Å². The molecule has 0 atom stereocenters. The van der Waals surface area contributed by atoms with Crippen LogP contribution in [0.15, 0.2) is 42.0 Å². The van der Waals surface area contributed by atoms with Crippen LogP contribution in [0.5, 0.6) is 0 Å². The molecular weight excluding hydrogens is 170 g/mol. The van der Waals surface area contributed by atoms with E-state index in [1.165, 1.54) is 29.6 Å². The highest BCUT2D eigenvalue weighted by Crippen LogP contribution is 2.30. The van der Waals surface area contributed by atoms with Gasteiger partial charge in [0.15, 0.2) is 0 Å². The number of hydrogen-bond donors (Lipinski definition) is 1. The SMILES string of the molecule is C=C1CCC/C1=C\c1ccc(N)cc1. The molecule has 72 valence electrons. The number of nitrogens with two attached hydrogens (primary N) is 1. The molecule has 2 N–H and O–H groups in total. The lowest BCUT2D eigenvalue weighted by Gasteiger charge is -1.99. The molecule has 0 radical (unpaired) electrons. The van der Waals surface area contributed by atoms with Gasteiger partial charge in [0.05, 0.1) is 0 Å². The Bertz CT molecular complexity index is 371. The van der Waals surface area contributed by atoms with Gasteiger partial charge in [-0.2, -0.15) is 0 Å². The summed E-state index contributed by atoms with van der Waals surface area (Å²) in [6, 6.07) is 7.97. The Kier molecular flexibility index (Phi) is 2.40. The first kappa shape index (κ1) is 9.07. The smallest absolute Gasteiger partial charge is 0.0314 e. The number of anilines is 1.